The molecule has 0 aliphatic carbocycles. The number of benzene rings is 2. The number of nitrogens with zero attached hydrogens (tertiary/aromatic N) is 1. The van der Waals surface area contributed by atoms with Crippen LogP contribution in [0.15, 0.2) is 51.8 Å². The molecule has 25 heavy (non-hydrogen) atoms. The zero-order valence-corrected chi connectivity index (χ0v) is 15.8. The Morgan fingerprint density at radius 2 is 1.68 bits per heavy atom. The number of rotatable bonds is 3. The van der Waals surface area contributed by atoms with E-state index in [-0.39, 0.29) is 4.90 Å². The first-order valence-electron chi connectivity index (χ1n) is 7.78. The van der Waals surface area contributed by atoms with Crippen molar-refractivity contribution in [3.63, 3.8) is 0 Å². The van der Waals surface area contributed by atoms with Crippen LogP contribution < -0.4 is 0 Å². The quantitative estimate of drug-likeness (QED) is 0.540. The van der Waals surface area contributed by atoms with Crippen molar-refractivity contribution in [2.45, 2.75) is 25.7 Å². The predicted molar refractivity (Wildman–Crippen MR) is 105 cm³/mol. The van der Waals surface area contributed by atoms with Crippen LogP contribution in [-0.4, -0.2) is 19.6 Å². The third-order valence-electron chi connectivity index (χ3n) is 3.98. The lowest BCUT2D eigenvalue weighted by atomic mass is 10.1. The van der Waals surface area contributed by atoms with Gasteiger partial charge in [-0.25, -0.2) is 0 Å². The zero-order valence-electron chi connectivity index (χ0n) is 14.2. The van der Waals surface area contributed by atoms with E-state index >= 15 is 0 Å². The maximum Gasteiger partial charge on any atom is 0.282 e. The van der Waals surface area contributed by atoms with E-state index in [4.69, 9.17) is 12.2 Å². The monoisotopic (exact) mass is 370 g/mol. The van der Waals surface area contributed by atoms with E-state index < -0.39 is 10.0 Å². The molecule has 0 saturated heterocycles. The fraction of sp³-hybridized carbons (Fsp3) is 0.158. The van der Waals surface area contributed by atoms with E-state index in [1.165, 1.54) is 6.21 Å². The maximum absolute atomic E-state index is 12.7. The summed E-state index contributed by atoms with van der Waals surface area (Å²) < 4.78 is 29.7. The fourth-order valence-corrected chi connectivity index (χ4v) is 4.52. The second-order valence-electron chi connectivity index (χ2n) is 6.08. The number of H-pyrrole nitrogens is 1. The van der Waals surface area contributed by atoms with Crippen molar-refractivity contribution in [1.82, 2.24) is 4.98 Å². The Labute approximate surface area is 152 Å². The molecule has 0 atom stereocenters. The van der Waals surface area contributed by atoms with Crippen LogP contribution in [0.1, 0.15) is 22.3 Å². The van der Waals surface area contributed by atoms with Gasteiger partial charge in [-0.15, -0.1) is 0 Å². The second-order valence-corrected chi connectivity index (χ2v) is 8.06. The highest BCUT2D eigenvalue weighted by molar-refractivity contribution is 7.90. The highest BCUT2D eigenvalue weighted by atomic mass is 32.2. The molecule has 1 N–H and O–H groups in total. The molecule has 3 aromatic rings. The molecule has 6 heteroatoms. The molecule has 128 valence electrons. The number of fused-ring (bicyclic) bond motifs is 1. The van der Waals surface area contributed by atoms with Gasteiger partial charge in [-0.2, -0.15) is 12.8 Å². The van der Waals surface area contributed by atoms with Crippen LogP contribution in [0.3, 0.4) is 0 Å². The van der Waals surface area contributed by atoms with Gasteiger partial charge in [-0.3, -0.25) is 0 Å². The summed E-state index contributed by atoms with van der Waals surface area (Å²) in [5.74, 6) is 0. The van der Waals surface area contributed by atoms with Gasteiger partial charge in [-0.05, 0) is 49.4 Å². The predicted octanol–water partition coefficient (Wildman–Crippen LogP) is 4.63. The lowest BCUT2D eigenvalue weighted by Gasteiger charge is -2.09. The van der Waals surface area contributed by atoms with E-state index in [0.717, 1.165) is 16.5 Å². The van der Waals surface area contributed by atoms with Gasteiger partial charge in [0.05, 0.1) is 11.1 Å². The fourth-order valence-electron chi connectivity index (χ4n) is 3.01. The van der Waals surface area contributed by atoms with E-state index in [1.807, 2.05) is 49.4 Å². The highest BCUT2D eigenvalue weighted by Crippen LogP contribution is 2.23. The van der Waals surface area contributed by atoms with E-state index in [9.17, 15) is 8.42 Å². The van der Waals surface area contributed by atoms with Crippen molar-refractivity contribution in [2.75, 3.05) is 0 Å². The van der Waals surface area contributed by atoms with Crippen LogP contribution in [0, 0.1) is 25.4 Å². The standard InChI is InChI=1S/C19H18N2O2S2/c1-12-8-13(2)18(14(3)9-12)25(22,23)20-11-16-10-15-6-4-5-7-17(15)21-19(16)24/h4-11H,1-3H3,(H,21,24)/b20-11+. The Bertz CT molecular complexity index is 1140. The first-order valence-corrected chi connectivity index (χ1v) is 9.63. The van der Waals surface area contributed by atoms with Crippen LogP contribution in [0.25, 0.3) is 10.9 Å². The Hall–Kier alpha value is -2.31. The van der Waals surface area contributed by atoms with Gasteiger partial charge in [0.15, 0.2) is 0 Å². The lowest BCUT2D eigenvalue weighted by Crippen LogP contribution is -2.04. The zero-order chi connectivity index (χ0) is 18.2. The summed E-state index contributed by atoms with van der Waals surface area (Å²) in [6.07, 6.45) is 1.32. The average molecular weight is 370 g/mol. The maximum atomic E-state index is 12.7. The van der Waals surface area contributed by atoms with Crippen LogP contribution in [0.4, 0.5) is 0 Å². The number of hydrogen-bond acceptors (Lipinski definition) is 3. The molecule has 3 rings (SSSR count). The Morgan fingerprint density at radius 3 is 2.36 bits per heavy atom. The van der Waals surface area contributed by atoms with Gasteiger partial charge in [0.2, 0.25) is 0 Å². The van der Waals surface area contributed by atoms with E-state index in [1.54, 1.807) is 13.8 Å². The van der Waals surface area contributed by atoms with Crippen LogP contribution in [0.5, 0.6) is 0 Å². The van der Waals surface area contributed by atoms with E-state index in [2.05, 4.69) is 9.38 Å². The number of aromatic nitrogens is 1. The molecule has 0 amide bonds. The van der Waals surface area contributed by atoms with Crippen LogP contribution in [-0.2, 0) is 10.0 Å². The third kappa shape index (κ3) is 3.55. The lowest BCUT2D eigenvalue weighted by molar-refractivity contribution is 0.597. The number of hydrogen-bond donors (Lipinski definition) is 1. The number of pyridine rings is 1. The van der Waals surface area contributed by atoms with E-state index in [0.29, 0.717) is 21.3 Å². The summed E-state index contributed by atoms with van der Waals surface area (Å²) >= 11 is 5.31. The van der Waals surface area contributed by atoms with Gasteiger partial charge in [0.1, 0.15) is 4.64 Å². The first kappa shape index (κ1) is 17.5. The van der Waals surface area contributed by atoms with Crippen molar-refractivity contribution < 1.29 is 8.42 Å². The van der Waals surface area contributed by atoms with Gasteiger partial charge in [-0.1, -0.05) is 48.1 Å². The van der Waals surface area contributed by atoms with Gasteiger partial charge in [0, 0.05) is 11.1 Å². The Balaban J connectivity index is 2.07. The number of sulfonamides is 1. The number of para-hydroxylation sites is 1. The molecule has 0 bridgehead atoms. The minimum absolute atomic E-state index is 0.255. The molecule has 1 heterocycles. The smallest absolute Gasteiger partial charge is 0.282 e. The first-order chi connectivity index (χ1) is 11.8. The van der Waals surface area contributed by atoms with Crippen molar-refractivity contribution >= 4 is 39.4 Å². The molecule has 0 aliphatic rings. The molecule has 0 fully saturated rings. The third-order valence-corrected chi connectivity index (χ3v) is 5.86. The Morgan fingerprint density at radius 1 is 1.04 bits per heavy atom. The van der Waals surface area contributed by atoms with Crippen LogP contribution >= 0.6 is 12.2 Å². The average Bonchev–Trinajstić information content (AvgIpc) is 2.51. The molecule has 0 aliphatic heterocycles. The molecule has 0 radical (unpaired) electrons. The van der Waals surface area contributed by atoms with Crippen molar-refractivity contribution in [2.24, 2.45) is 4.40 Å². The van der Waals surface area contributed by atoms with Gasteiger partial charge < -0.3 is 4.98 Å². The summed E-state index contributed by atoms with van der Waals surface area (Å²) in [6, 6.07) is 13.2. The van der Waals surface area contributed by atoms with Crippen molar-refractivity contribution in [3.8, 4) is 0 Å². The summed E-state index contributed by atoms with van der Waals surface area (Å²) in [5, 5.41) is 0.942. The summed E-state index contributed by atoms with van der Waals surface area (Å²) in [7, 11) is -3.80. The molecule has 0 unspecified atom stereocenters. The van der Waals surface area contributed by atoms with Gasteiger partial charge in [0.25, 0.3) is 10.0 Å². The van der Waals surface area contributed by atoms with Crippen molar-refractivity contribution in [3.05, 3.63) is 69.4 Å². The minimum Gasteiger partial charge on any atom is -0.346 e. The number of aryl methyl sites for hydroxylation is 3. The SMILES string of the molecule is Cc1cc(C)c(S(=O)(=O)/N=C/c2cc3ccccc3[nH]c2=S)c(C)c1. The van der Waals surface area contributed by atoms with Gasteiger partial charge >= 0.3 is 0 Å². The molecule has 4 nitrogen and oxygen atoms in total. The number of nitrogens with one attached hydrogen (secondary N) is 1. The highest BCUT2D eigenvalue weighted by Gasteiger charge is 2.18. The minimum atomic E-state index is -3.80. The summed E-state index contributed by atoms with van der Waals surface area (Å²) in [6.45, 7) is 5.50. The molecule has 1 aromatic heterocycles. The normalized spacial score (nSPS) is 12.1. The topological polar surface area (TPSA) is 62.3 Å². The molecule has 0 saturated carbocycles. The number of aromatic amines is 1. The molecular formula is C19H18N2O2S2. The summed E-state index contributed by atoms with van der Waals surface area (Å²) in [4.78, 5) is 3.35. The largest absolute Gasteiger partial charge is 0.346 e. The summed E-state index contributed by atoms with van der Waals surface area (Å²) in [5.41, 5.74) is 3.88. The van der Waals surface area contributed by atoms with Crippen molar-refractivity contribution in [1.29, 1.82) is 0 Å². The molecule has 0 spiro atoms. The molecule has 2 aromatic carbocycles. The van der Waals surface area contributed by atoms with Crippen LogP contribution in [0.2, 0.25) is 0 Å². The second kappa shape index (κ2) is 6.54. The molecular weight excluding hydrogens is 352 g/mol. The Kier molecular flexibility index (Phi) is 4.58.